The van der Waals surface area contributed by atoms with Crippen LogP contribution in [-0.4, -0.2) is 107 Å². The van der Waals surface area contributed by atoms with E-state index in [1.807, 2.05) is 12.1 Å². The van der Waals surface area contributed by atoms with Crippen LogP contribution in [0.1, 0.15) is 6.92 Å². The van der Waals surface area contributed by atoms with Crippen molar-refractivity contribution in [3.05, 3.63) is 24.3 Å². The molecular formula is C21H37IN6O. The van der Waals surface area contributed by atoms with Gasteiger partial charge in [0.25, 0.3) is 0 Å². The van der Waals surface area contributed by atoms with Gasteiger partial charge in [-0.3, -0.25) is 9.89 Å². The van der Waals surface area contributed by atoms with E-state index in [0.717, 1.165) is 70.6 Å². The van der Waals surface area contributed by atoms with E-state index >= 15 is 0 Å². The number of para-hydroxylation sites is 2. The molecule has 1 atom stereocenters. The molecule has 3 rings (SSSR count). The number of benzene rings is 1. The Bertz CT molecular complexity index is 650. The molecule has 1 unspecified atom stereocenters. The first-order valence-corrected chi connectivity index (χ1v) is 10.4. The highest BCUT2D eigenvalue weighted by atomic mass is 127. The number of guanidine groups is 1. The summed E-state index contributed by atoms with van der Waals surface area (Å²) in [6.07, 6.45) is 0. The van der Waals surface area contributed by atoms with Crippen LogP contribution >= 0.6 is 24.0 Å². The fourth-order valence-electron chi connectivity index (χ4n) is 3.97. The van der Waals surface area contributed by atoms with E-state index in [9.17, 15) is 0 Å². The summed E-state index contributed by atoms with van der Waals surface area (Å²) < 4.78 is 5.54. The maximum absolute atomic E-state index is 5.54. The number of nitrogens with zero attached hydrogens (tertiary/aromatic N) is 5. The van der Waals surface area contributed by atoms with Gasteiger partial charge in [-0.15, -0.1) is 24.0 Å². The van der Waals surface area contributed by atoms with Gasteiger partial charge in [0.2, 0.25) is 0 Å². The predicted octanol–water partition coefficient (Wildman–Crippen LogP) is 1.65. The third-order valence-corrected chi connectivity index (χ3v) is 5.77. The summed E-state index contributed by atoms with van der Waals surface area (Å²) >= 11 is 0. The molecule has 2 fully saturated rings. The van der Waals surface area contributed by atoms with Crippen molar-refractivity contribution in [2.75, 3.05) is 85.0 Å². The molecule has 1 aromatic carbocycles. The smallest absolute Gasteiger partial charge is 0.194 e. The second kappa shape index (κ2) is 11.8. The molecule has 7 nitrogen and oxygen atoms in total. The third kappa shape index (κ3) is 6.36. The zero-order valence-corrected chi connectivity index (χ0v) is 20.6. The quantitative estimate of drug-likeness (QED) is 0.365. The van der Waals surface area contributed by atoms with E-state index in [2.05, 4.69) is 58.1 Å². The van der Waals surface area contributed by atoms with Crippen molar-refractivity contribution in [3.63, 3.8) is 0 Å². The monoisotopic (exact) mass is 516 g/mol. The van der Waals surface area contributed by atoms with Crippen molar-refractivity contribution in [1.29, 1.82) is 0 Å². The van der Waals surface area contributed by atoms with Gasteiger partial charge in [0, 0.05) is 58.4 Å². The van der Waals surface area contributed by atoms with Crippen LogP contribution in [0.4, 0.5) is 5.69 Å². The molecule has 0 radical (unpaired) electrons. The number of methoxy groups -OCH3 is 1. The molecule has 8 heteroatoms. The summed E-state index contributed by atoms with van der Waals surface area (Å²) in [7, 11) is 6.16. The molecule has 0 aliphatic carbocycles. The second-order valence-electron chi connectivity index (χ2n) is 7.74. The van der Waals surface area contributed by atoms with Gasteiger partial charge in [0.05, 0.1) is 19.3 Å². The first-order valence-electron chi connectivity index (χ1n) is 10.4. The largest absolute Gasteiger partial charge is 0.495 e. The SMILES string of the molecule is CCNC(=NCC1CN(C)CCN1C)N1CCN(c2ccccc2OC)CC1.I. The number of likely N-dealkylation sites (N-methyl/N-ethyl adjacent to an activating group) is 2. The van der Waals surface area contributed by atoms with Crippen molar-refractivity contribution in [3.8, 4) is 5.75 Å². The van der Waals surface area contributed by atoms with Gasteiger partial charge in [-0.2, -0.15) is 0 Å². The van der Waals surface area contributed by atoms with Crippen LogP contribution in [0.15, 0.2) is 29.3 Å². The van der Waals surface area contributed by atoms with Gasteiger partial charge in [-0.25, -0.2) is 0 Å². The van der Waals surface area contributed by atoms with E-state index in [0.29, 0.717) is 6.04 Å². The van der Waals surface area contributed by atoms with E-state index in [-0.39, 0.29) is 24.0 Å². The second-order valence-corrected chi connectivity index (χ2v) is 7.74. The van der Waals surface area contributed by atoms with Gasteiger partial charge >= 0.3 is 0 Å². The number of ether oxygens (including phenoxy) is 1. The van der Waals surface area contributed by atoms with Crippen LogP contribution < -0.4 is 15.0 Å². The average Bonchev–Trinajstić information content (AvgIpc) is 2.73. The van der Waals surface area contributed by atoms with Gasteiger partial charge < -0.3 is 24.8 Å². The summed E-state index contributed by atoms with van der Waals surface area (Å²) in [5, 5.41) is 3.50. The lowest BCUT2D eigenvalue weighted by Gasteiger charge is -2.39. The minimum Gasteiger partial charge on any atom is -0.495 e. The number of hydrogen-bond donors (Lipinski definition) is 1. The normalized spacial score (nSPS) is 21.7. The Kier molecular flexibility index (Phi) is 9.78. The number of nitrogens with one attached hydrogen (secondary N) is 1. The van der Waals surface area contributed by atoms with Crippen LogP contribution in [-0.2, 0) is 0 Å². The molecular weight excluding hydrogens is 479 g/mol. The molecule has 0 aromatic heterocycles. The zero-order chi connectivity index (χ0) is 19.9. The summed E-state index contributed by atoms with van der Waals surface area (Å²) in [6.45, 7) is 11.1. The van der Waals surface area contributed by atoms with Crippen LogP contribution in [0, 0.1) is 0 Å². The molecule has 2 aliphatic heterocycles. The van der Waals surface area contributed by atoms with Gasteiger partial charge in [0.1, 0.15) is 5.75 Å². The van der Waals surface area contributed by atoms with Crippen molar-refractivity contribution in [1.82, 2.24) is 20.0 Å². The summed E-state index contributed by atoms with van der Waals surface area (Å²) in [6, 6.07) is 8.76. The Morgan fingerprint density at radius 2 is 1.83 bits per heavy atom. The Balaban J connectivity index is 0.00000300. The lowest BCUT2D eigenvalue weighted by Crippen LogP contribution is -2.54. The minimum atomic E-state index is 0. The van der Waals surface area contributed by atoms with E-state index in [1.165, 1.54) is 5.69 Å². The molecule has 1 aromatic rings. The molecule has 0 saturated carbocycles. The lowest BCUT2D eigenvalue weighted by molar-refractivity contribution is 0.119. The molecule has 0 amide bonds. The summed E-state index contributed by atoms with van der Waals surface area (Å²) in [5.74, 6) is 1.99. The number of rotatable bonds is 5. The predicted molar refractivity (Wildman–Crippen MR) is 132 cm³/mol. The third-order valence-electron chi connectivity index (χ3n) is 5.77. The molecule has 0 spiro atoms. The number of aliphatic imine (C=N–C) groups is 1. The van der Waals surface area contributed by atoms with E-state index in [4.69, 9.17) is 9.73 Å². The van der Waals surface area contributed by atoms with E-state index in [1.54, 1.807) is 7.11 Å². The fourth-order valence-corrected chi connectivity index (χ4v) is 3.97. The van der Waals surface area contributed by atoms with E-state index < -0.39 is 0 Å². The lowest BCUT2D eigenvalue weighted by atomic mass is 10.2. The van der Waals surface area contributed by atoms with Crippen molar-refractivity contribution in [2.24, 2.45) is 4.99 Å². The maximum atomic E-state index is 5.54. The number of piperazine rings is 2. The fraction of sp³-hybridized carbons (Fsp3) is 0.667. The number of halogens is 1. The Hall–Kier alpha value is -1.26. The average molecular weight is 516 g/mol. The Morgan fingerprint density at radius 1 is 1.10 bits per heavy atom. The van der Waals surface area contributed by atoms with Crippen molar-refractivity contribution >= 4 is 35.6 Å². The summed E-state index contributed by atoms with van der Waals surface area (Å²) in [5.41, 5.74) is 1.18. The van der Waals surface area contributed by atoms with Crippen LogP contribution in [0.3, 0.4) is 0 Å². The zero-order valence-electron chi connectivity index (χ0n) is 18.3. The first kappa shape index (κ1) is 24.0. The van der Waals surface area contributed by atoms with Crippen LogP contribution in [0.25, 0.3) is 0 Å². The first-order chi connectivity index (χ1) is 13.6. The maximum Gasteiger partial charge on any atom is 0.194 e. The highest BCUT2D eigenvalue weighted by molar-refractivity contribution is 14.0. The Labute approximate surface area is 193 Å². The molecule has 1 N–H and O–H groups in total. The molecule has 0 bridgehead atoms. The summed E-state index contributed by atoms with van der Waals surface area (Å²) in [4.78, 5) is 14.6. The molecule has 29 heavy (non-hydrogen) atoms. The minimum absolute atomic E-state index is 0. The Morgan fingerprint density at radius 3 is 2.52 bits per heavy atom. The van der Waals surface area contributed by atoms with Gasteiger partial charge in [-0.05, 0) is 33.2 Å². The molecule has 2 saturated heterocycles. The highest BCUT2D eigenvalue weighted by Gasteiger charge is 2.24. The van der Waals surface area contributed by atoms with Gasteiger partial charge in [0.15, 0.2) is 5.96 Å². The van der Waals surface area contributed by atoms with Gasteiger partial charge in [-0.1, -0.05) is 12.1 Å². The standard InChI is InChI=1S/C21H36N6O.HI/c1-5-22-21(23-16-18-17-24(2)10-11-25(18)3)27-14-12-26(13-15-27)19-8-6-7-9-20(19)28-4;/h6-9,18H,5,10-17H2,1-4H3,(H,22,23);1H. The van der Waals surface area contributed by atoms with Crippen LogP contribution in [0.5, 0.6) is 5.75 Å². The highest BCUT2D eigenvalue weighted by Crippen LogP contribution is 2.28. The molecule has 2 aliphatic rings. The number of hydrogen-bond acceptors (Lipinski definition) is 5. The topological polar surface area (TPSA) is 46.6 Å². The van der Waals surface area contributed by atoms with Crippen molar-refractivity contribution < 1.29 is 4.74 Å². The van der Waals surface area contributed by atoms with Crippen molar-refractivity contribution in [2.45, 2.75) is 13.0 Å². The number of anilines is 1. The molecule has 164 valence electrons. The van der Waals surface area contributed by atoms with Crippen LogP contribution in [0.2, 0.25) is 0 Å². The molecule has 2 heterocycles.